The zero-order valence-electron chi connectivity index (χ0n) is 18.8. The summed E-state index contributed by atoms with van der Waals surface area (Å²) >= 11 is 0. The van der Waals surface area contributed by atoms with E-state index in [0.29, 0.717) is 0 Å². The van der Waals surface area contributed by atoms with Crippen molar-refractivity contribution in [2.75, 3.05) is 12.8 Å². The SMILES string of the molecule is CC(C)OP(=O)(C[NH2+]CC(c1ccc(O)c(O)c1O)c1ccc(O)c(O)c1O)OC(C)C.[Cl-]. The maximum Gasteiger partial charge on any atom is 0.384 e. The summed E-state index contributed by atoms with van der Waals surface area (Å²) in [5.74, 6) is -4.64. The average molecular weight is 508 g/mol. The topological polar surface area (TPSA) is 174 Å². The van der Waals surface area contributed by atoms with Crippen molar-refractivity contribution in [1.82, 2.24) is 0 Å². The van der Waals surface area contributed by atoms with Gasteiger partial charge in [0.2, 0.25) is 11.5 Å². The van der Waals surface area contributed by atoms with Crippen LogP contribution in [-0.2, 0) is 13.6 Å². The van der Waals surface area contributed by atoms with Gasteiger partial charge in [0.05, 0.1) is 24.7 Å². The molecule has 2 aromatic rings. The van der Waals surface area contributed by atoms with Crippen molar-refractivity contribution in [2.45, 2.75) is 45.8 Å². The number of halogens is 1. The van der Waals surface area contributed by atoms with Crippen LogP contribution in [-0.4, -0.2) is 55.7 Å². The van der Waals surface area contributed by atoms with Gasteiger partial charge in [-0.2, -0.15) is 0 Å². The van der Waals surface area contributed by atoms with Crippen molar-refractivity contribution in [3.05, 3.63) is 35.4 Å². The molecule has 8 N–H and O–H groups in total. The molecule has 33 heavy (non-hydrogen) atoms. The van der Waals surface area contributed by atoms with E-state index < -0.39 is 48.0 Å². The molecule has 0 amide bonds. The molecule has 0 spiro atoms. The van der Waals surface area contributed by atoms with Crippen LogP contribution in [0.25, 0.3) is 0 Å². The van der Waals surface area contributed by atoms with E-state index in [1.54, 1.807) is 33.0 Å². The van der Waals surface area contributed by atoms with Gasteiger partial charge in [-0.25, -0.2) is 0 Å². The second kappa shape index (κ2) is 11.7. The van der Waals surface area contributed by atoms with Crippen LogP contribution >= 0.6 is 7.60 Å². The molecule has 10 nitrogen and oxygen atoms in total. The molecule has 0 radical (unpaired) electrons. The van der Waals surface area contributed by atoms with Crippen molar-refractivity contribution in [3.63, 3.8) is 0 Å². The minimum Gasteiger partial charge on any atom is -1.00 e. The number of nitrogens with two attached hydrogens (primary N) is 1. The predicted molar refractivity (Wildman–Crippen MR) is 116 cm³/mol. The van der Waals surface area contributed by atoms with Crippen LogP contribution in [0.4, 0.5) is 0 Å². The molecule has 0 saturated carbocycles. The summed E-state index contributed by atoms with van der Waals surface area (Å²) in [6.45, 7) is 6.99. The maximum atomic E-state index is 13.1. The molecular weight excluding hydrogens is 477 g/mol. The highest BCUT2D eigenvalue weighted by atomic mass is 35.5. The summed E-state index contributed by atoms with van der Waals surface area (Å²) in [5, 5.41) is 61.6. The minimum atomic E-state index is -3.49. The van der Waals surface area contributed by atoms with E-state index in [4.69, 9.17) is 9.05 Å². The molecule has 0 aromatic heterocycles. The Morgan fingerprint density at radius 2 is 1.15 bits per heavy atom. The first-order chi connectivity index (χ1) is 14.9. The fraction of sp³-hybridized carbons (Fsp3) is 0.429. The Balaban J connectivity index is 0.00000544. The molecule has 0 atom stereocenters. The molecule has 2 aromatic carbocycles. The van der Waals surface area contributed by atoms with Crippen molar-refractivity contribution < 1.29 is 62.0 Å². The third kappa shape index (κ3) is 7.06. The van der Waals surface area contributed by atoms with Gasteiger partial charge in [0.25, 0.3) is 0 Å². The number of aromatic hydroxyl groups is 6. The number of hydrogen-bond acceptors (Lipinski definition) is 9. The summed E-state index contributed by atoms with van der Waals surface area (Å²) in [5.41, 5.74) is 0.252. The monoisotopic (exact) mass is 507 g/mol. The molecule has 0 aliphatic carbocycles. The van der Waals surface area contributed by atoms with Gasteiger partial charge in [0.15, 0.2) is 29.3 Å². The Bertz CT molecular complexity index is 929. The molecule has 186 valence electrons. The van der Waals surface area contributed by atoms with Crippen molar-refractivity contribution in [3.8, 4) is 34.5 Å². The number of rotatable bonds is 10. The first-order valence-corrected chi connectivity index (χ1v) is 11.8. The smallest absolute Gasteiger partial charge is 0.384 e. The Morgan fingerprint density at radius 1 is 0.758 bits per heavy atom. The number of phenols is 6. The van der Waals surface area contributed by atoms with E-state index in [1.807, 2.05) is 0 Å². The Labute approximate surface area is 198 Å². The summed E-state index contributed by atoms with van der Waals surface area (Å²) in [6, 6.07) is 5.04. The molecule has 0 aliphatic rings. The van der Waals surface area contributed by atoms with Crippen LogP contribution in [0.3, 0.4) is 0 Å². The molecule has 0 saturated heterocycles. The van der Waals surface area contributed by atoms with E-state index in [9.17, 15) is 35.2 Å². The van der Waals surface area contributed by atoms with Crippen LogP contribution < -0.4 is 17.7 Å². The molecule has 0 fully saturated rings. The van der Waals surface area contributed by atoms with Gasteiger partial charge in [-0.05, 0) is 39.8 Å². The largest absolute Gasteiger partial charge is 1.00 e. The minimum absolute atomic E-state index is 0. The van der Waals surface area contributed by atoms with E-state index >= 15 is 0 Å². The van der Waals surface area contributed by atoms with Crippen LogP contribution in [0.2, 0.25) is 0 Å². The highest BCUT2D eigenvalue weighted by molar-refractivity contribution is 7.53. The molecular formula is C21H31ClNO9P. The number of phenolic OH excluding ortho intramolecular Hbond substituents is 6. The highest BCUT2D eigenvalue weighted by Gasteiger charge is 2.32. The van der Waals surface area contributed by atoms with Crippen LogP contribution in [0.15, 0.2) is 24.3 Å². The van der Waals surface area contributed by atoms with E-state index in [0.717, 1.165) is 0 Å². The van der Waals surface area contributed by atoms with Gasteiger partial charge in [0, 0.05) is 11.1 Å². The van der Waals surface area contributed by atoms with Gasteiger partial charge < -0.3 is 57.4 Å². The lowest BCUT2D eigenvalue weighted by Gasteiger charge is -2.23. The molecule has 2 rings (SSSR count). The molecule has 0 aliphatic heterocycles. The summed E-state index contributed by atoms with van der Waals surface area (Å²) in [7, 11) is -3.49. The lowest BCUT2D eigenvalue weighted by atomic mass is 9.89. The average Bonchev–Trinajstić information content (AvgIpc) is 2.68. The van der Waals surface area contributed by atoms with Crippen LogP contribution in [0.5, 0.6) is 34.5 Å². The third-order valence-corrected chi connectivity index (χ3v) is 6.76. The van der Waals surface area contributed by atoms with Crippen molar-refractivity contribution in [1.29, 1.82) is 0 Å². The van der Waals surface area contributed by atoms with Crippen LogP contribution in [0, 0.1) is 0 Å². The lowest BCUT2D eigenvalue weighted by Crippen LogP contribution is -3.00. The van der Waals surface area contributed by atoms with Gasteiger partial charge in [0.1, 0.15) is 0 Å². The van der Waals surface area contributed by atoms with E-state index in [-0.39, 0.29) is 48.6 Å². The zero-order chi connectivity index (χ0) is 24.2. The van der Waals surface area contributed by atoms with Crippen molar-refractivity contribution >= 4 is 7.60 Å². The predicted octanol–water partition coefficient (Wildman–Crippen LogP) is -0.380. The Morgan fingerprint density at radius 3 is 1.52 bits per heavy atom. The molecule has 12 heteroatoms. The van der Waals surface area contributed by atoms with Gasteiger partial charge in [-0.3, -0.25) is 4.57 Å². The fourth-order valence-electron chi connectivity index (χ4n) is 3.31. The number of benzene rings is 2. The number of hydrogen-bond donors (Lipinski definition) is 7. The summed E-state index contributed by atoms with van der Waals surface area (Å²) in [6.07, 6.45) is -0.768. The second-order valence-corrected chi connectivity index (χ2v) is 9.93. The van der Waals surface area contributed by atoms with Gasteiger partial charge in [-0.1, -0.05) is 12.1 Å². The van der Waals surface area contributed by atoms with Gasteiger partial charge >= 0.3 is 7.60 Å². The van der Waals surface area contributed by atoms with E-state index in [2.05, 4.69) is 0 Å². The molecule has 0 unspecified atom stereocenters. The Hall–Kier alpha value is -2.36. The summed E-state index contributed by atoms with van der Waals surface area (Å²) < 4.78 is 24.1. The standard InChI is InChI=1S/C21H30NO9P.ClH/c1-11(2)30-32(29,31-12(3)4)10-22-9-15(13-5-7-16(23)20(27)18(13)25)14-6-8-17(24)21(28)19(14)26;/h5-8,11-12,15,22-28H,9-10H2,1-4H3;1H. The van der Waals surface area contributed by atoms with Crippen molar-refractivity contribution in [2.24, 2.45) is 0 Å². The maximum absolute atomic E-state index is 13.1. The molecule has 0 heterocycles. The lowest BCUT2D eigenvalue weighted by molar-refractivity contribution is -0.641. The Kier molecular flexibility index (Phi) is 10.1. The van der Waals surface area contributed by atoms with Crippen LogP contribution in [0.1, 0.15) is 44.7 Å². The summed E-state index contributed by atoms with van der Waals surface area (Å²) in [4.78, 5) is 0. The first kappa shape index (κ1) is 28.7. The molecule has 0 bridgehead atoms. The third-order valence-electron chi connectivity index (χ3n) is 4.57. The zero-order valence-corrected chi connectivity index (χ0v) is 20.4. The second-order valence-electron chi connectivity index (χ2n) is 7.92. The van der Waals surface area contributed by atoms with Gasteiger partial charge in [-0.15, -0.1) is 0 Å². The number of quaternary nitrogens is 1. The highest BCUT2D eigenvalue weighted by Crippen LogP contribution is 2.49. The van der Waals surface area contributed by atoms with E-state index in [1.165, 1.54) is 24.3 Å². The quantitative estimate of drug-likeness (QED) is 0.167. The first-order valence-electron chi connectivity index (χ1n) is 10.1. The normalized spacial score (nSPS) is 11.8. The fourth-order valence-corrected chi connectivity index (χ4v) is 5.28.